The Hall–Kier alpha value is -1.93. The molecule has 0 spiro atoms. The van der Waals surface area contributed by atoms with Gasteiger partial charge in [-0.25, -0.2) is 8.78 Å². The summed E-state index contributed by atoms with van der Waals surface area (Å²) in [5, 5.41) is 31.6. The van der Waals surface area contributed by atoms with Crippen molar-refractivity contribution in [3.8, 4) is 5.75 Å². The molecule has 3 N–H and O–H groups in total. The maximum atomic E-state index is 14.2. The smallest absolute Gasteiger partial charge is 0.151 e. The minimum Gasteiger partial charge on any atom is -0.490 e. The minimum atomic E-state index is -1.56. The van der Waals surface area contributed by atoms with E-state index < -0.39 is 29.4 Å². The van der Waals surface area contributed by atoms with E-state index in [9.17, 15) is 24.1 Å². The van der Waals surface area contributed by atoms with Crippen molar-refractivity contribution in [2.75, 3.05) is 24.6 Å². The molecule has 0 amide bonds. The van der Waals surface area contributed by atoms with Gasteiger partial charge in [-0.15, -0.1) is 0 Å². The Labute approximate surface area is 178 Å². The standard InChI is InChI=1S/C22H24ClF2NO4/c23-13-9-16(24)21(17(25)10-13)26-8-7-22(29,20(28)11-26)12-30-19-6-2-3-14-15(19)4-1-5-18(14)27/h2-3,6,9-10,18,20,27-29H,1,4-5,7-8,11-12H2/t18?,20-,22-/m1/s1. The molecular weight excluding hydrogens is 416 g/mol. The monoisotopic (exact) mass is 439 g/mol. The Morgan fingerprint density at radius 3 is 2.63 bits per heavy atom. The lowest BCUT2D eigenvalue weighted by Crippen LogP contribution is -2.58. The Morgan fingerprint density at radius 1 is 1.20 bits per heavy atom. The summed E-state index contributed by atoms with van der Waals surface area (Å²) >= 11 is 5.67. The largest absolute Gasteiger partial charge is 0.490 e. The third-order valence-corrected chi connectivity index (χ3v) is 6.25. The van der Waals surface area contributed by atoms with Gasteiger partial charge in [0.05, 0.1) is 6.10 Å². The number of nitrogens with zero attached hydrogens (tertiary/aromatic N) is 1. The van der Waals surface area contributed by atoms with Gasteiger partial charge in [0.15, 0.2) is 11.6 Å². The van der Waals surface area contributed by atoms with Crippen LogP contribution in [0.4, 0.5) is 14.5 Å². The van der Waals surface area contributed by atoms with Crippen molar-refractivity contribution in [2.24, 2.45) is 0 Å². The number of hydrogen-bond donors (Lipinski definition) is 3. The minimum absolute atomic E-state index is 0.0486. The van der Waals surface area contributed by atoms with Gasteiger partial charge in [0.1, 0.15) is 29.7 Å². The Kier molecular flexibility index (Phi) is 5.90. The molecule has 0 bridgehead atoms. The summed E-state index contributed by atoms with van der Waals surface area (Å²) < 4.78 is 34.3. The first-order valence-electron chi connectivity index (χ1n) is 10.0. The number of benzene rings is 2. The second-order valence-corrected chi connectivity index (χ2v) is 8.49. The van der Waals surface area contributed by atoms with Crippen LogP contribution in [0.1, 0.15) is 36.5 Å². The van der Waals surface area contributed by atoms with Gasteiger partial charge in [0.2, 0.25) is 0 Å². The number of anilines is 1. The van der Waals surface area contributed by atoms with Gasteiger partial charge in [0, 0.05) is 18.1 Å². The molecule has 1 aliphatic heterocycles. The summed E-state index contributed by atoms with van der Waals surface area (Å²) in [5.74, 6) is -1.06. The number of piperidine rings is 1. The Balaban J connectivity index is 1.47. The number of rotatable bonds is 4. The van der Waals surface area contributed by atoms with Gasteiger partial charge in [-0.2, -0.15) is 0 Å². The van der Waals surface area contributed by atoms with Crippen LogP contribution >= 0.6 is 11.6 Å². The van der Waals surface area contributed by atoms with Gasteiger partial charge >= 0.3 is 0 Å². The molecule has 162 valence electrons. The predicted molar refractivity (Wildman–Crippen MR) is 109 cm³/mol. The lowest BCUT2D eigenvalue weighted by atomic mass is 9.88. The van der Waals surface area contributed by atoms with E-state index in [1.165, 1.54) is 4.90 Å². The van der Waals surface area contributed by atoms with Crippen LogP contribution in [0.15, 0.2) is 30.3 Å². The molecule has 5 nitrogen and oxygen atoms in total. The summed E-state index contributed by atoms with van der Waals surface area (Å²) in [5.41, 5.74) is -0.0919. The molecule has 1 aliphatic carbocycles. The van der Waals surface area contributed by atoms with Crippen molar-refractivity contribution in [1.82, 2.24) is 0 Å². The van der Waals surface area contributed by atoms with E-state index in [1.807, 2.05) is 6.07 Å². The zero-order valence-electron chi connectivity index (χ0n) is 16.3. The van der Waals surface area contributed by atoms with Crippen molar-refractivity contribution in [1.29, 1.82) is 0 Å². The molecule has 30 heavy (non-hydrogen) atoms. The number of β-amino-alcohol motifs (C(OH)–C–C–N with tert-alkyl or cyclic N) is 1. The van der Waals surface area contributed by atoms with Crippen molar-refractivity contribution in [3.05, 3.63) is 58.1 Å². The molecule has 1 fully saturated rings. The van der Waals surface area contributed by atoms with Crippen LogP contribution in [0.2, 0.25) is 5.02 Å². The Morgan fingerprint density at radius 2 is 1.93 bits per heavy atom. The quantitative estimate of drug-likeness (QED) is 0.681. The van der Waals surface area contributed by atoms with Crippen molar-refractivity contribution >= 4 is 17.3 Å². The first-order chi connectivity index (χ1) is 14.3. The highest BCUT2D eigenvalue weighted by atomic mass is 35.5. The van der Waals surface area contributed by atoms with Gasteiger partial charge in [-0.1, -0.05) is 23.7 Å². The number of hydrogen-bond acceptors (Lipinski definition) is 5. The van der Waals surface area contributed by atoms with E-state index in [-0.39, 0.29) is 36.8 Å². The third kappa shape index (κ3) is 3.99. The van der Waals surface area contributed by atoms with Crippen molar-refractivity contribution < 1.29 is 28.8 Å². The van der Waals surface area contributed by atoms with E-state index in [1.54, 1.807) is 12.1 Å². The molecule has 2 aromatic rings. The van der Waals surface area contributed by atoms with E-state index in [0.717, 1.165) is 36.1 Å². The summed E-state index contributed by atoms with van der Waals surface area (Å²) in [7, 11) is 0. The number of aliphatic hydroxyl groups excluding tert-OH is 2. The van der Waals surface area contributed by atoms with Crippen LogP contribution in [0.3, 0.4) is 0 Å². The second-order valence-electron chi connectivity index (χ2n) is 8.05. The molecule has 1 heterocycles. The maximum Gasteiger partial charge on any atom is 0.151 e. The molecular formula is C22H24ClF2NO4. The van der Waals surface area contributed by atoms with Crippen molar-refractivity contribution in [3.63, 3.8) is 0 Å². The number of ether oxygens (including phenoxy) is 1. The fraction of sp³-hybridized carbons (Fsp3) is 0.455. The average Bonchev–Trinajstić information content (AvgIpc) is 2.69. The molecule has 3 atom stereocenters. The molecule has 0 saturated carbocycles. The molecule has 1 saturated heterocycles. The van der Waals surface area contributed by atoms with E-state index >= 15 is 0 Å². The fourth-order valence-electron chi connectivity index (χ4n) is 4.30. The number of aliphatic hydroxyl groups is 3. The van der Waals surface area contributed by atoms with E-state index in [2.05, 4.69) is 0 Å². The molecule has 8 heteroatoms. The van der Waals surface area contributed by atoms with Crippen LogP contribution in [0.25, 0.3) is 0 Å². The van der Waals surface area contributed by atoms with Crippen LogP contribution in [-0.4, -0.2) is 46.7 Å². The molecule has 0 radical (unpaired) electrons. The van der Waals surface area contributed by atoms with Crippen LogP contribution in [0, 0.1) is 11.6 Å². The number of fused-ring (bicyclic) bond motifs is 1. The molecule has 1 unspecified atom stereocenters. The first kappa shape index (κ1) is 21.3. The first-order valence-corrected chi connectivity index (χ1v) is 10.4. The summed E-state index contributed by atoms with van der Waals surface area (Å²) in [6.07, 6.45) is 0.575. The summed E-state index contributed by atoms with van der Waals surface area (Å²) in [6, 6.07) is 7.47. The summed E-state index contributed by atoms with van der Waals surface area (Å²) in [4.78, 5) is 1.36. The maximum absolute atomic E-state index is 14.2. The highest BCUT2D eigenvalue weighted by Gasteiger charge is 2.42. The molecule has 2 aromatic carbocycles. The molecule has 2 aliphatic rings. The van der Waals surface area contributed by atoms with E-state index in [4.69, 9.17) is 16.3 Å². The van der Waals surface area contributed by atoms with Crippen LogP contribution < -0.4 is 9.64 Å². The van der Waals surface area contributed by atoms with Crippen LogP contribution in [0.5, 0.6) is 5.75 Å². The lowest BCUT2D eigenvalue weighted by Gasteiger charge is -2.42. The van der Waals surface area contributed by atoms with E-state index in [0.29, 0.717) is 12.2 Å². The van der Waals surface area contributed by atoms with Gasteiger partial charge in [-0.3, -0.25) is 0 Å². The SMILES string of the molecule is OC1CCCc2c(OC[C@]3(O)CCN(c4c(F)cc(Cl)cc4F)C[C@H]3O)cccc21. The van der Waals surface area contributed by atoms with Crippen molar-refractivity contribution in [2.45, 2.75) is 43.5 Å². The zero-order valence-corrected chi connectivity index (χ0v) is 17.1. The van der Waals surface area contributed by atoms with Gasteiger partial charge in [-0.05, 0) is 55.0 Å². The average molecular weight is 440 g/mol. The molecule has 4 rings (SSSR count). The zero-order chi connectivity index (χ0) is 21.5. The van der Waals surface area contributed by atoms with Crippen LogP contribution in [-0.2, 0) is 6.42 Å². The van der Waals surface area contributed by atoms with Gasteiger partial charge in [0.25, 0.3) is 0 Å². The summed E-state index contributed by atoms with van der Waals surface area (Å²) in [6.45, 7) is -0.181. The highest BCUT2D eigenvalue weighted by molar-refractivity contribution is 6.30. The van der Waals surface area contributed by atoms with Gasteiger partial charge < -0.3 is 25.0 Å². The second kappa shape index (κ2) is 8.30. The third-order valence-electron chi connectivity index (χ3n) is 6.04. The predicted octanol–water partition coefficient (Wildman–Crippen LogP) is 3.37. The Bertz CT molecular complexity index is 920. The molecule has 0 aromatic heterocycles. The lowest BCUT2D eigenvalue weighted by molar-refractivity contribution is -0.109. The fourth-order valence-corrected chi connectivity index (χ4v) is 4.49. The normalized spacial score (nSPS) is 26.4. The number of halogens is 3. The highest BCUT2D eigenvalue weighted by Crippen LogP contribution is 2.37. The topological polar surface area (TPSA) is 73.2 Å².